The van der Waals surface area contributed by atoms with E-state index in [0.717, 1.165) is 12.1 Å². The molecule has 0 aliphatic carbocycles. The fourth-order valence-corrected chi connectivity index (χ4v) is 1.58. The van der Waals surface area contributed by atoms with Crippen LogP contribution < -0.4 is 0 Å². The zero-order valence-corrected chi connectivity index (χ0v) is 11.5. The molecule has 104 valence electrons. The molecule has 0 bridgehead atoms. The molecule has 0 saturated heterocycles. The molecular weight excluding hydrogens is 232 g/mol. The van der Waals surface area contributed by atoms with Gasteiger partial charge in [-0.3, -0.25) is 4.68 Å². The Labute approximate surface area is 109 Å². The summed E-state index contributed by atoms with van der Waals surface area (Å²) in [5.41, 5.74) is 0.901. The highest BCUT2D eigenvalue weighted by molar-refractivity contribution is 5.01. The van der Waals surface area contributed by atoms with Gasteiger partial charge in [-0.1, -0.05) is 6.92 Å². The summed E-state index contributed by atoms with van der Waals surface area (Å²) in [7, 11) is 1.63. The van der Waals surface area contributed by atoms with Gasteiger partial charge in [0.25, 0.3) is 0 Å². The SMILES string of the molecule is CCC(C)n1ccc(CC(O)COCCOC)n1. The van der Waals surface area contributed by atoms with Gasteiger partial charge in [0, 0.05) is 25.8 Å². The Balaban J connectivity index is 2.30. The van der Waals surface area contributed by atoms with Gasteiger partial charge in [0.2, 0.25) is 0 Å². The largest absolute Gasteiger partial charge is 0.390 e. The molecule has 0 aliphatic heterocycles. The van der Waals surface area contributed by atoms with Crippen molar-refractivity contribution in [2.45, 2.75) is 38.8 Å². The van der Waals surface area contributed by atoms with Gasteiger partial charge in [-0.2, -0.15) is 5.10 Å². The number of aliphatic hydroxyl groups excluding tert-OH is 1. The third kappa shape index (κ3) is 5.16. The second-order valence-electron chi connectivity index (χ2n) is 4.47. The van der Waals surface area contributed by atoms with Crippen molar-refractivity contribution in [3.63, 3.8) is 0 Å². The Hall–Kier alpha value is -0.910. The standard InChI is InChI=1S/C13H24N2O3/c1-4-11(2)15-6-5-12(14-15)9-13(16)10-18-8-7-17-3/h5-6,11,13,16H,4,7-10H2,1-3H3. The molecule has 0 amide bonds. The number of nitrogens with zero attached hydrogens (tertiary/aromatic N) is 2. The van der Waals surface area contributed by atoms with Gasteiger partial charge in [-0.05, 0) is 19.4 Å². The van der Waals surface area contributed by atoms with E-state index >= 15 is 0 Å². The van der Waals surface area contributed by atoms with E-state index in [1.807, 2.05) is 16.9 Å². The van der Waals surface area contributed by atoms with Crippen molar-refractivity contribution in [2.75, 3.05) is 26.9 Å². The maximum Gasteiger partial charge on any atom is 0.0829 e. The molecule has 0 spiro atoms. The van der Waals surface area contributed by atoms with E-state index in [1.54, 1.807) is 7.11 Å². The Morgan fingerprint density at radius 2 is 2.22 bits per heavy atom. The average Bonchev–Trinajstić information content (AvgIpc) is 2.82. The van der Waals surface area contributed by atoms with Crippen LogP contribution in [-0.4, -0.2) is 47.9 Å². The average molecular weight is 256 g/mol. The van der Waals surface area contributed by atoms with Gasteiger partial charge in [0.1, 0.15) is 0 Å². The van der Waals surface area contributed by atoms with Gasteiger partial charge in [-0.25, -0.2) is 0 Å². The number of aliphatic hydroxyl groups is 1. The number of hydrogen-bond donors (Lipinski definition) is 1. The molecule has 1 aromatic rings. The summed E-state index contributed by atoms with van der Waals surface area (Å²) in [5.74, 6) is 0. The second-order valence-corrected chi connectivity index (χ2v) is 4.47. The van der Waals surface area contributed by atoms with Gasteiger partial charge in [0.15, 0.2) is 0 Å². The van der Waals surface area contributed by atoms with Crippen LogP contribution in [0.2, 0.25) is 0 Å². The molecule has 1 heterocycles. The second kappa shape index (κ2) is 8.24. The first-order valence-corrected chi connectivity index (χ1v) is 6.46. The topological polar surface area (TPSA) is 56.5 Å². The van der Waals surface area contributed by atoms with Crippen LogP contribution in [0.1, 0.15) is 32.0 Å². The lowest BCUT2D eigenvalue weighted by atomic mass is 10.2. The number of hydrogen-bond acceptors (Lipinski definition) is 4. The van der Waals surface area contributed by atoms with E-state index in [9.17, 15) is 5.11 Å². The summed E-state index contributed by atoms with van der Waals surface area (Å²) in [6, 6.07) is 2.35. The predicted octanol–water partition coefficient (Wildman–Crippen LogP) is 1.42. The molecule has 5 nitrogen and oxygen atoms in total. The molecule has 1 aromatic heterocycles. The predicted molar refractivity (Wildman–Crippen MR) is 69.6 cm³/mol. The number of aromatic nitrogens is 2. The Morgan fingerprint density at radius 1 is 1.44 bits per heavy atom. The van der Waals surface area contributed by atoms with Crippen molar-refractivity contribution in [3.05, 3.63) is 18.0 Å². The Morgan fingerprint density at radius 3 is 2.89 bits per heavy atom. The monoisotopic (exact) mass is 256 g/mol. The first-order valence-electron chi connectivity index (χ1n) is 6.46. The van der Waals surface area contributed by atoms with Gasteiger partial charge in [-0.15, -0.1) is 0 Å². The highest BCUT2D eigenvalue weighted by Gasteiger charge is 2.10. The normalized spacial score (nSPS) is 14.7. The van der Waals surface area contributed by atoms with Crippen molar-refractivity contribution in [1.82, 2.24) is 9.78 Å². The quantitative estimate of drug-likeness (QED) is 0.679. The van der Waals surface area contributed by atoms with Crippen LogP contribution in [0.4, 0.5) is 0 Å². The van der Waals surface area contributed by atoms with E-state index in [1.165, 1.54) is 0 Å². The molecule has 1 rings (SSSR count). The molecule has 18 heavy (non-hydrogen) atoms. The van der Waals surface area contributed by atoms with Gasteiger partial charge in [0.05, 0.1) is 31.6 Å². The molecule has 2 atom stereocenters. The minimum Gasteiger partial charge on any atom is -0.390 e. The van der Waals surface area contributed by atoms with E-state index in [-0.39, 0.29) is 0 Å². The minimum atomic E-state index is -0.512. The fraction of sp³-hybridized carbons (Fsp3) is 0.769. The number of methoxy groups -OCH3 is 1. The molecule has 0 fully saturated rings. The highest BCUT2D eigenvalue weighted by Crippen LogP contribution is 2.10. The molecule has 5 heteroatoms. The third-order valence-electron chi connectivity index (χ3n) is 2.89. The molecule has 0 aromatic carbocycles. The lowest BCUT2D eigenvalue weighted by Crippen LogP contribution is -2.20. The summed E-state index contributed by atoms with van der Waals surface area (Å²) in [5, 5.41) is 14.2. The van der Waals surface area contributed by atoms with Crippen molar-refractivity contribution in [2.24, 2.45) is 0 Å². The molecular formula is C13H24N2O3. The zero-order valence-electron chi connectivity index (χ0n) is 11.5. The van der Waals surface area contributed by atoms with Crippen LogP contribution >= 0.6 is 0 Å². The molecule has 2 unspecified atom stereocenters. The fourth-order valence-electron chi connectivity index (χ4n) is 1.58. The van der Waals surface area contributed by atoms with Crippen LogP contribution in [-0.2, 0) is 15.9 Å². The van der Waals surface area contributed by atoms with E-state index < -0.39 is 6.10 Å². The van der Waals surface area contributed by atoms with Crippen LogP contribution in [0, 0.1) is 0 Å². The summed E-state index contributed by atoms with van der Waals surface area (Å²) in [6.07, 6.45) is 3.02. The number of rotatable bonds is 9. The van der Waals surface area contributed by atoms with Crippen LogP contribution in [0.3, 0.4) is 0 Å². The summed E-state index contributed by atoms with van der Waals surface area (Å²) in [6.45, 7) is 5.63. The van der Waals surface area contributed by atoms with Crippen LogP contribution in [0.5, 0.6) is 0 Å². The first-order chi connectivity index (χ1) is 8.67. The van der Waals surface area contributed by atoms with Crippen molar-refractivity contribution in [3.8, 4) is 0 Å². The molecule has 1 N–H and O–H groups in total. The third-order valence-corrected chi connectivity index (χ3v) is 2.89. The summed E-state index contributed by atoms with van der Waals surface area (Å²) < 4.78 is 12.1. The maximum absolute atomic E-state index is 9.79. The van der Waals surface area contributed by atoms with E-state index in [2.05, 4.69) is 18.9 Å². The number of ether oxygens (including phenoxy) is 2. The lowest BCUT2D eigenvalue weighted by Gasteiger charge is -2.10. The van der Waals surface area contributed by atoms with Gasteiger partial charge < -0.3 is 14.6 Å². The van der Waals surface area contributed by atoms with Crippen molar-refractivity contribution >= 4 is 0 Å². The summed E-state index contributed by atoms with van der Waals surface area (Å²) >= 11 is 0. The lowest BCUT2D eigenvalue weighted by molar-refractivity contribution is 0.0133. The van der Waals surface area contributed by atoms with E-state index in [0.29, 0.717) is 32.3 Å². The Bertz CT molecular complexity index is 328. The van der Waals surface area contributed by atoms with Gasteiger partial charge >= 0.3 is 0 Å². The minimum absolute atomic E-state index is 0.319. The summed E-state index contributed by atoms with van der Waals surface area (Å²) in [4.78, 5) is 0. The van der Waals surface area contributed by atoms with Crippen molar-refractivity contribution in [1.29, 1.82) is 0 Å². The maximum atomic E-state index is 9.79. The first kappa shape index (κ1) is 15.1. The molecule has 0 saturated carbocycles. The highest BCUT2D eigenvalue weighted by atomic mass is 16.5. The van der Waals surface area contributed by atoms with Crippen molar-refractivity contribution < 1.29 is 14.6 Å². The van der Waals surface area contributed by atoms with Crippen LogP contribution in [0.25, 0.3) is 0 Å². The van der Waals surface area contributed by atoms with Crippen LogP contribution in [0.15, 0.2) is 12.3 Å². The Kier molecular flexibility index (Phi) is 6.93. The zero-order chi connectivity index (χ0) is 13.4. The molecule has 0 aliphatic rings. The smallest absolute Gasteiger partial charge is 0.0829 e. The van der Waals surface area contributed by atoms with E-state index in [4.69, 9.17) is 9.47 Å². The molecule has 0 radical (unpaired) electrons.